The van der Waals surface area contributed by atoms with Gasteiger partial charge in [0.2, 0.25) is 0 Å². The van der Waals surface area contributed by atoms with Gasteiger partial charge in [-0.1, -0.05) is 97.1 Å². The molecule has 4 aliphatic rings. The van der Waals surface area contributed by atoms with Crippen LogP contribution < -0.4 is 0 Å². The molecule has 0 heterocycles. The summed E-state index contributed by atoms with van der Waals surface area (Å²) >= 11 is 0. The van der Waals surface area contributed by atoms with Crippen molar-refractivity contribution in [3.63, 3.8) is 0 Å². The number of allylic oxidation sites excluding steroid dienone is 9. The Kier molecular flexibility index (Phi) is 4.55. The van der Waals surface area contributed by atoms with Crippen LogP contribution in [0.15, 0.2) is 114 Å². The van der Waals surface area contributed by atoms with Crippen molar-refractivity contribution >= 4 is 5.57 Å². The smallest absolute Gasteiger partial charge is 0.133 e. The minimum Gasteiger partial charge on any atom is -0.192 e. The van der Waals surface area contributed by atoms with Crippen molar-refractivity contribution in [2.75, 3.05) is 0 Å². The molecule has 0 saturated heterocycles. The first-order chi connectivity index (χ1) is 14.8. The molecule has 6 rings (SSSR count). The highest BCUT2D eigenvalue weighted by Crippen LogP contribution is 2.52. The van der Waals surface area contributed by atoms with Gasteiger partial charge in [0.15, 0.2) is 0 Å². The van der Waals surface area contributed by atoms with Crippen LogP contribution in [0.3, 0.4) is 0 Å². The minimum atomic E-state index is 0.0201. The van der Waals surface area contributed by atoms with E-state index in [9.17, 15) is 10.5 Å². The fourth-order valence-electron chi connectivity index (χ4n) is 5.13. The molecule has 0 saturated carbocycles. The highest BCUT2D eigenvalue weighted by Gasteiger charge is 2.43. The molecule has 4 aliphatic carbocycles. The number of hydrogen-bond acceptors (Lipinski definition) is 2. The molecule has 0 radical (unpaired) electrons. The van der Waals surface area contributed by atoms with E-state index < -0.39 is 0 Å². The van der Waals surface area contributed by atoms with E-state index in [1.54, 1.807) is 0 Å². The zero-order valence-electron chi connectivity index (χ0n) is 16.4. The summed E-state index contributed by atoms with van der Waals surface area (Å²) in [6.45, 7) is 0. The monoisotopic (exact) mass is 384 g/mol. The molecule has 0 fully saturated rings. The predicted octanol–water partition coefficient (Wildman–Crippen LogP) is 6.01. The van der Waals surface area contributed by atoms with Gasteiger partial charge in [-0.25, -0.2) is 0 Å². The van der Waals surface area contributed by atoms with E-state index in [1.165, 1.54) is 22.3 Å². The van der Waals surface area contributed by atoms with Gasteiger partial charge in [-0.2, -0.15) is 10.5 Å². The first-order valence-electron chi connectivity index (χ1n) is 10.3. The first-order valence-corrected chi connectivity index (χ1v) is 10.3. The Balaban J connectivity index is 1.75. The molecule has 0 N–H and O–H groups in total. The van der Waals surface area contributed by atoms with Gasteiger partial charge in [-0.05, 0) is 33.8 Å². The number of fused-ring (bicyclic) bond motifs is 1. The summed E-state index contributed by atoms with van der Waals surface area (Å²) in [5, 5.41) is 19.1. The molecule has 2 aromatic carbocycles. The van der Waals surface area contributed by atoms with E-state index in [-0.39, 0.29) is 23.3 Å². The molecule has 0 aromatic heterocycles. The Hall–Kier alpha value is -3.88. The highest BCUT2D eigenvalue weighted by atomic mass is 14.5. The van der Waals surface area contributed by atoms with Crippen LogP contribution in [0.2, 0.25) is 0 Å². The molecule has 0 aliphatic heterocycles. The number of benzene rings is 2. The topological polar surface area (TPSA) is 47.6 Å². The maximum absolute atomic E-state index is 9.55. The van der Waals surface area contributed by atoms with Gasteiger partial charge in [-0.15, -0.1) is 0 Å². The Morgan fingerprint density at radius 2 is 1.27 bits per heavy atom. The van der Waals surface area contributed by atoms with Crippen molar-refractivity contribution in [3.05, 3.63) is 125 Å². The lowest BCUT2D eigenvalue weighted by Gasteiger charge is -2.34. The second-order valence-electron chi connectivity index (χ2n) is 7.93. The molecular weight excluding hydrogens is 364 g/mol. The normalized spacial score (nSPS) is 25.4. The average Bonchev–Trinajstić information content (AvgIpc) is 3.05. The van der Waals surface area contributed by atoms with Crippen LogP contribution in [0.1, 0.15) is 11.1 Å². The quantitative estimate of drug-likeness (QED) is 0.470. The summed E-state index contributed by atoms with van der Waals surface area (Å²) in [5.41, 5.74) is 5.95. The van der Waals surface area contributed by atoms with Crippen molar-refractivity contribution in [3.8, 4) is 12.1 Å². The fourth-order valence-corrected chi connectivity index (χ4v) is 5.13. The first kappa shape index (κ1) is 18.2. The lowest BCUT2D eigenvalue weighted by molar-refractivity contribution is 0.359. The fraction of sp³-hybridized carbons (Fsp3) is 0.143. The average molecular weight is 384 g/mol. The van der Waals surface area contributed by atoms with Gasteiger partial charge >= 0.3 is 0 Å². The van der Waals surface area contributed by atoms with Gasteiger partial charge in [0.25, 0.3) is 0 Å². The standard InChI is InChI=1S/C28H20N2/c29-17-22(18-30)23-13-11-19-12-14-25(23)28-24(19)15-16-26(28)27(20-7-3-1-4-8-20)21-9-5-2-6-10-21/h1-16,19,24-25,28H/t19-,24+,25-,28+/m0/s1. The molecule has 0 amide bonds. The third-order valence-electron chi connectivity index (χ3n) is 6.43. The SMILES string of the molecule is N#CC(C#N)=C1C=C[C@H]2C=C[C@@H]1[C@@H]1C(=C(c3ccccc3)c3ccccc3)C=C[C@H]21. The van der Waals surface area contributed by atoms with Crippen LogP contribution in [0.4, 0.5) is 0 Å². The zero-order chi connectivity index (χ0) is 20.5. The van der Waals surface area contributed by atoms with Crippen molar-refractivity contribution in [1.82, 2.24) is 0 Å². The van der Waals surface area contributed by atoms with E-state index in [0.29, 0.717) is 5.92 Å². The molecule has 0 spiro atoms. The largest absolute Gasteiger partial charge is 0.192 e. The van der Waals surface area contributed by atoms with Gasteiger partial charge < -0.3 is 0 Å². The summed E-state index contributed by atoms with van der Waals surface area (Å²) in [4.78, 5) is 0. The number of nitrogens with zero attached hydrogens (tertiary/aromatic N) is 2. The minimum absolute atomic E-state index is 0.0201. The number of rotatable bonds is 2. The molecule has 2 heteroatoms. The van der Waals surface area contributed by atoms with Crippen LogP contribution in [-0.2, 0) is 0 Å². The summed E-state index contributed by atoms with van der Waals surface area (Å²) in [7, 11) is 0. The van der Waals surface area contributed by atoms with E-state index >= 15 is 0 Å². The highest BCUT2D eigenvalue weighted by molar-refractivity contribution is 5.85. The second kappa shape index (κ2) is 7.51. The van der Waals surface area contributed by atoms with Crippen molar-refractivity contribution in [1.29, 1.82) is 10.5 Å². The van der Waals surface area contributed by atoms with Crippen molar-refractivity contribution in [2.24, 2.45) is 23.7 Å². The van der Waals surface area contributed by atoms with Crippen LogP contribution >= 0.6 is 0 Å². The molecule has 142 valence electrons. The Bertz CT molecular complexity index is 1150. The van der Waals surface area contributed by atoms with Gasteiger partial charge in [0.1, 0.15) is 17.7 Å². The Morgan fingerprint density at radius 3 is 1.87 bits per heavy atom. The van der Waals surface area contributed by atoms with Gasteiger partial charge in [0, 0.05) is 17.8 Å². The molecule has 0 unspecified atom stereocenters. The Morgan fingerprint density at radius 1 is 0.667 bits per heavy atom. The summed E-state index contributed by atoms with van der Waals surface area (Å²) in [5.74, 6) is 0.845. The van der Waals surface area contributed by atoms with Crippen LogP contribution in [0.25, 0.3) is 5.57 Å². The van der Waals surface area contributed by atoms with Crippen LogP contribution in [0.5, 0.6) is 0 Å². The number of nitriles is 2. The van der Waals surface area contributed by atoms with E-state index in [0.717, 1.165) is 5.57 Å². The van der Waals surface area contributed by atoms with Gasteiger partial charge in [-0.3, -0.25) is 0 Å². The summed E-state index contributed by atoms with van der Waals surface area (Å²) in [6, 6.07) is 25.2. The third-order valence-corrected chi connectivity index (χ3v) is 6.43. The lowest BCUT2D eigenvalue weighted by atomic mass is 9.68. The molecule has 4 atom stereocenters. The third kappa shape index (κ3) is 2.86. The lowest BCUT2D eigenvalue weighted by Crippen LogP contribution is -2.27. The van der Waals surface area contributed by atoms with Crippen LogP contribution in [0, 0.1) is 46.3 Å². The summed E-state index contributed by atoms with van der Waals surface area (Å²) in [6.07, 6.45) is 13.2. The molecule has 30 heavy (non-hydrogen) atoms. The Labute approximate surface area is 177 Å². The maximum atomic E-state index is 9.55. The van der Waals surface area contributed by atoms with Crippen LogP contribution in [-0.4, -0.2) is 0 Å². The van der Waals surface area contributed by atoms with Crippen molar-refractivity contribution in [2.45, 2.75) is 0 Å². The predicted molar refractivity (Wildman–Crippen MR) is 119 cm³/mol. The van der Waals surface area contributed by atoms with E-state index in [1.807, 2.05) is 18.2 Å². The van der Waals surface area contributed by atoms with Crippen molar-refractivity contribution < 1.29 is 0 Å². The molecule has 2 bridgehead atoms. The van der Waals surface area contributed by atoms with Gasteiger partial charge in [0.05, 0.1) is 0 Å². The molecule has 2 nitrogen and oxygen atoms in total. The van der Waals surface area contributed by atoms with E-state index in [2.05, 4.69) is 91.0 Å². The number of hydrogen-bond donors (Lipinski definition) is 0. The second-order valence-corrected chi connectivity index (χ2v) is 7.93. The summed E-state index contributed by atoms with van der Waals surface area (Å²) < 4.78 is 0. The zero-order valence-corrected chi connectivity index (χ0v) is 16.4. The molecular formula is C28H20N2. The molecule has 2 aromatic rings. The maximum Gasteiger partial charge on any atom is 0.133 e. The van der Waals surface area contributed by atoms with E-state index in [4.69, 9.17) is 0 Å².